The Morgan fingerprint density at radius 1 is 1.11 bits per heavy atom. The zero-order valence-electron chi connectivity index (χ0n) is 14.9. The highest BCUT2D eigenvalue weighted by molar-refractivity contribution is 7.83. The Hall–Kier alpha value is -2.53. The van der Waals surface area contributed by atoms with Gasteiger partial charge in [0.25, 0.3) is 5.91 Å². The fourth-order valence-electron chi connectivity index (χ4n) is 2.13. The highest BCUT2D eigenvalue weighted by Crippen LogP contribution is 2.39. The van der Waals surface area contributed by atoms with E-state index in [-0.39, 0.29) is 10.6 Å². The topological polar surface area (TPSA) is 104 Å². The fourth-order valence-corrected chi connectivity index (χ4v) is 3.28. The van der Waals surface area contributed by atoms with Crippen LogP contribution < -0.4 is 10.0 Å². The number of benzene rings is 1. The van der Waals surface area contributed by atoms with Gasteiger partial charge < -0.3 is 20.1 Å². The molecule has 0 spiro atoms. The maximum absolute atomic E-state index is 13.5. The van der Waals surface area contributed by atoms with Crippen molar-refractivity contribution in [1.82, 2.24) is 9.29 Å². The molecule has 2 aromatic rings. The van der Waals surface area contributed by atoms with E-state index in [2.05, 4.69) is 4.72 Å². The van der Waals surface area contributed by atoms with Crippen molar-refractivity contribution in [3.05, 3.63) is 35.4 Å². The van der Waals surface area contributed by atoms with Crippen molar-refractivity contribution < 1.29 is 32.4 Å². The van der Waals surface area contributed by atoms with Gasteiger partial charge in [-0.3, -0.25) is 4.79 Å². The first-order chi connectivity index (χ1) is 12.3. The summed E-state index contributed by atoms with van der Waals surface area (Å²) >= 11 is 0. The summed E-state index contributed by atoms with van der Waals surface area (Å²) in [5, 5.41) is 21.0. The van der Waals surface area contributed by atoms with Gasteiger partial charge in [-0.2, -0.15) is 8.78 Å². The molecule has 0 aliphatic rings. The highest BCUT2D eigenvalue weighted by atomic mass is 32.2. The van der Waals surface area contributed by atoms with Gasteiger partial charge in [0.05, 0.1) is 4.90 Å². The molecule has 0 radical (unpaired) electrons. The number of hydrogen-bond acceptors (Lipinski definition) is 4. The first kappa shape index (κ1) is 20.8. The highest BCUT2D eigenvalue weighted by Gasteiger charge is 2.27. The Balaban J connectivity index is 2.35. The van der Waals surface area contributed by atoms with Crippen LogP contribution >= 0.6 is 0 Å². The molecule has 27 heavy (non-hydrogen) atoms. The Labute approximate surface area is 155 Å². The van der Waals surface area contributed by atoms with Gasteiger partial charge in [-0.1, -0.05) is 0 Å². The summed E-state index contributed by atoms with van der Waals surface area (Å²) in [6.07, 6.45) is 1.40. The van der Waals surface area contributed by atoms with E-state index in [0.29, 0.717) is 0 Å². The number of nitrogens with zero attached hydrogens (tertiary/aromatic N) is 1. The van der Waals surface area contributed by atoms with Gasteiger partial charge in [-0.25, -0.2) is 13.3 Å². The lowest BCUT2D eigenvalue weighted by atomic mass is 10.1. The monoisotopic (exact) mass is 405 g/mol. The Kier molecular flexibility index (Phi) is 5.57. The molecule has 0 bridgehead atoms. The maximum atomic E-state index is 13.5. The number of aromatic hydroxyl groups is 2. The lowest BCUT2D eigenvalue weighted by molar-refractivity contribution is 0.101. The number of nitrogens with one attached hydrogen (secondary N) is 2. The first-order valence-electron chi connectivity index (χ1n) is 7.59. The number of carbonyl (C=O) groups is 1. The van der Waals surface area contributed by atoms with E-state index in [0.717, 1.165) is 0 Å². The second kappa shape index (κ2) is 7.24. The van der Waals surface area contributed by atoms with Crippen LogP contribution in [0.5, 0.6) is 11.5 Å². The summed E-state index contributed by atoms with van der Waals surface area (Å²) in [4.78, 5) is 12.6. The van der Waals surface area contributed by atoms with Crippen LogP contribution in [0.1, 0.15) is 31.3 Å². The molecule has 0 fully saturated rings. The van der Waals surface area contributed by atoms with Crippen molar-refractivity contribution >= 4 is 22.6 Å². The Morgan fingerprint density at radius 3 is 2.11 bits per heavy atom. The van der Waals surface area contributed by atoms with E-state index in [1.807, 2.05) is 5.32 Å². The molecule has 4 N–H and O–H groups in total. The maximum Gasteiger partial charge on any atom is 0.272 e. The molecule has 0 aliphatic heterocycles. The summed E-state index contributed by atoms with van der Waals surface area (Å²) in [7, 11) is -0.187. The molecule has 1 heterocycles. The van der Waals surface area contributed by atoms with E-state index < -0.39 is 57.1 Å². The van der Waals surface area contributed by atoms with Crippen LogP contribution in [-0.4, -0.2) is 30.4 Å². The zero-order chi connectivity index (χ0) is 20.7. The number of carbonyl (C=O) groups excluding carboxylic acids is 1. The SMILES string of the molecule is Cn1cc(S(=O)NC(C)(C)C)cc1C(=O)Nc1c(O)c(F)c(F)c(F)c1O. The minimum atomic E-state index is -2.08. The number of amides is 1. The minimum absolute atomic E-state index is 0.0852. The third kappa shape index (κ3) is 4.25. The van der Waals surface area contributed by atoms with Crippen LogP contribution in [-0.2, 0) is 18.0 Å². The van der Waals surface area contributed by atoms with Gasteiger partial charge in [-0.05, 0) is 26.8 Å². The molecule has 1 amide bonds. The molecule has 2 rings (SSSR count). The van der Waals surface area contributed by atoms with Gasteiger partial charge >= 0.3 is 0 Å². The van der Waals surface area contributed by atoms with Crippen molar-refractivity contribution in [1.29, 1.82) is 0 Å². The van der Waals surface area contributed by atoms with Crippen LogP contribution in [0.2, 0.25) is 0 Å². The van der Waals surface area contributed by atoms with Gasteiger partial charge in [0.2, 0.25) is 17.5 Å². The van der Waals surface area contributed by atoms with E-state index >= 15 is 0 Å². The van der Waals surface area contributed by atoms with Gasteiger partial charge in [0.15, 0.2) is 11.5 Å². The quantitative estimate of drug-likeness (QED) is 0.464. The smallest absolute Gasteiger partial charge is 0.272 e. The molecule has 1 unspecified atom stereocenters. The van der Waals surface area contributed by atoms with Crippen molar-refractivity contribution in [2.24, 2.45) is 7.05 Å². The summed E-state index contributed by atoms with van der Waals surface area (Å²) in [6, 6.07) is 1.26. The van der Waals surface area contributed by atoms with Crippen LogP contribution in [0.15, 0.2) is 17.2 Å². The number of anilines is 1. The van der Waals surface area contributed by atoms with E-state index in [1.54, 1.807) is 20.8 Å². The molecule has 11 heteroatoms. The van der Waals surface area contributed by atoms with Crippen molar-refractivity contribution in [2.45, 2.75) is 31.2 Å². The first-order valence-corrected chi connectivity index (χ1v) is 8.74. The van der Waals surface area contributed by atoms with Crippen molar-refractivity contribution in [2.75, 3.05) is 5.32 Å². The predicted octanol–water partition coefficient (Wildman–Crippen LogP) is 2.52. The summed E-state index contributed by atoms with van der Waals surface area (Å²) < 4.78 is 56.4. The number of aromatic nitrogens is 1. The van der Waals surface area contributed by atoms with Gasteiger partial charge in [0, 0.05) is 18.8 Å². The number of hydrogen-bond donors (Lipinski definition) is 4. The summed E-state index contributed by atoms with van der Waals surface area (Å²) in [5.41, 5.74) is -1.57. The molecule has 148 valence electrons. The van der Waals surface area contributed by atoms with Crippen LogP contribution in [0.4, 0.5) is 18.9 Å². The fraction of sp³-hybridized carbons (Fsp3) is 0.312. The number of aryl methyl sites for hydroxylation is 1. The molecular formula is C16H18F3N3O4S. The molecule has 1 aromatic carbocycles. The minimum Gasteiger partial charge on any atom is -0.503 e. The van der Waals surface area contributed by atoms with E-state index in [4.69, 9.17) is 0 Å². The number of phenols is 2. The Bertz CT molecular complexity index is 909. The second-order valence-electron chi connectivity index (χ2n) is 6.76. The number of phenolic OH excluding ortho intramolecular Hbond substituents is 2. The number of halogens is 3. The van der Waals surface area contributed by atoms with Gasteiger partial charge in [-0.15, -0.1) is 0 Å². The summed E-state index contributed by atoms with van der Waals surface area (Å²) in [5.74, 6) is -9.87. The predicted molar refractivity (Wildman–Crippen MR) is 92.3 cm³/mol. The lowest BCUT2D eigenvalue weighted by Gasteiger charge is -2.18. The molecule has 0 aliphatic carbocycles. The Morgan fingerprint density at radius 2 is 1.63 bits per heavy atom. The van der Waals surface area contributed by atoms with Crippen LogP contribution in [0.3, 0.4) is 0 Å². The van der Waals surface area contributed by atoms with E-state index in [1.165, 1.54) is 23.9 Å². The molecule has 7 nitrogen and oxygen atoms in total. The molecule has 0 saturated heterocycles. The van der Waals surface area contributed by atoms with Gasteiger partial charge in [0.1, 0.15) is 22.4 Å². The lowest BCUT2D eigenvalue weighted by Crippen LogP contribution is -2.36. The third-order valence-electron chi connectivity index (χ3n) is 3.34. The third-order valence-corrected chi connectivity index (χ3v) is 4.79. The normalized spacial score (nSPS) is 12.9. The average molecular weight is 405 g/mol. The second-order valence-corrected chi connectivity index (χ2v) is 7.97. The molecule has 0 saturated carbocycles. The van der Waals surface area contributed by atoms with Crippen LogP contribution in [0.25, 0.3) is 0 Å². The standard InChI is InChI=1S/C16H18F3N3O4S/c1-16(2,3)21-27(26)7-5-8(22(4)6-7)15(25)20-12-13(23)10(18)9(17)11(19)14(12)24/h5-6,21,23-24H,1-4H3,(H,20,25). The van der Waals surface area contributed by atoms with Crippen molar-refractivity contribution in [3.63, 3.8) is 0 Å². The molecule has 1 atom stereocenters. The number of rotatable bonds is 4. The summed E-state index contributed by atoms with van der Waals surface area (Å²) in [6.45, 7) is 5.39. The zero-order valence-corrected chi connectivity index (χ0v) is 15.7. The largest absolute Gasteiger partial charge is 0.503 e. The van der Waals surface area contributed by atoms with Crippen molar-refractivity contribution in [3.8, 4) is 11.5 Å². The van der Waals surface area contributed by atoms with E-state index in [9.17, 15) is 32.4 Å². The molecule has 1 aromatic heterocycles. The molecular weight excluding hydrogens is 387 g/mol. The average Bonchev–Trinajstić information content (AvgIpc) is 2.95. The van der Waals surface area contributed by atoms with Crippen LogP contribution in [0, 0.1) is 17.5 Å².